The summed E-state index contributed by atoms with van der Waals surface area (Å²) in [5.41, 5.74) is 2.26. The number of carbonyl (C=O) groups is 1. The second kappa shape index (κ2) is 7.60. The van der Waals surface area contributed by atoms with Crippen molar-refractivity contribution < 1.29 is 4.79 Å². The molecule has 5 nitrogen and oxygen atoms in total. The molecule has 134 valence electrons. The standard InChI is InChI=1S/C19H26N4OS/c1-13-5-7-16(8-6-13)18-20-21-19(22(18)4)25-12-17(24)23-10-14(2)9-15(3)11-23/h5-8,14-15H,9-12H2,1-4H3/t14-,15+. The van der Waals surface area contributed by atoms with E-state index < -0.39 is 0 Å². The van der Waals surface area contributed by atoms with Crippen LogP contribution in [0, 0.1) is 18.8 Å². The molecule has 0 radical (unpaired) electrons. The Morgan fingerprint density at radius 2 is 1.80 bits per heavy atom. The molecule has 0 unspecified atom stereocenters. The van der Waals surface area contributed by atoms with Crippen LogP contribution in [0.4, 0.5) is 0 Å². The van der Waals surface area contributed by atoms with Crippen molar-refractivity contribution in [3.8, 4) is 11.4 Å². The highest BCUT2D eigenvalue weighted by molar-refractivity contribution is 7.99. The van der Waals surface area contributed by atoms with Crippen LogP contribution in [-0.4, -0.2) is 44.4 Å². The van der Waals surface area contributed by atoms with E-state index in [0.717, 1.165) is 29.6 Å². The van der Waals surface area contributed by atoms with Crippen LogP contribution in [0.3, 0.4) is 0 Å². The number of likely N-dealkylation sites (tertiary alicyclic amines) is 1. The predicted molar refractivity (Wildman–Crippen MR) is 101 cm³/mol. The van der Waals surface area contributed by atoms with Crippen molar-refractivity contribution in [2.75, 3.05) is 18.8 Å². The highest BCUT2D eigenvalue weighted by Crippen LogP contribution is 2.25. The molecule has 1 fully saturated rings. The zero-order valence-corrected chi connectivity index (χ0v) is 16.2. The first-order valence-corrected chi connectivity index (χ1v) is 9.79. The summed E-state index contributed by atoms with van der Waals surface area (Å²) in [7, 11) is 1.95. The number of rotatable bonds is 4. The van der Waals surface area contributed by atoms with Crippen molar-refractivity contribution in [3.63, 3.8) is 0 Å². The predicted octanol–water partition coefficient (Wildman–Crippen LogP) is 3.39. The van der Waals surface area contributed by atoms with Gasteiger partial charge < -0.3 is 9.47 Å². The molecule has 0 N–H and O–H groups in total. The number of aryl methyl sites for hydroxylation is 1. The van der Waals surface area contributed by atoms with E-state index in [9.17, 15) is 4.79 Å². The summed E-state index contributed by atoms with van der Waals surface area (Å²) >= 11 is 1.47. The first-order chi connectivity index (χ1) is 11.9. The number of nitrogens with zero attached hydrogens (tertiary/aromatic N) is 4. The van der Waals surface area contributed by atoms with Crippen molar-refractivity contribution in [1.29, 1.82) is 0 Å². The zero-order chi connectivity index (χ0) is 18.0. The molecule has 3 rings (SSSR count). The number of hydrogen-bond donors (Lipinski definition) is 0. The number of aromatic nitrogens is 3. The summed E-state index contributed by atoms with van der Waals surface area (Å²) in [4.78, 5) is 14.5. The fourth-order valence-corrected chi connectivity index (χ4v) is 4.29. The average Bonchev–Trinajstić information content (AvgIpc) is 2.93. The third-order valence-corrected chi connectivity index (χ3v) is 5.70. The summed E-state index contributed by atoms with van der Waals surface area (Å²) in [5.74, 6) is 2.61. The van der Waals surface area contributed by atoms with E-state index in [-0.39, 0.29) is 5.91 Å². The van der Waals surface area contributed by atoms with Gasteiger partial charge in [-0.3, -0.25) is 4.79 Å². The van der Waals surface area contributed by atoms with Gasteiger partial charge in [0.25, 0.3) is 0 Å². The molecular formula is C19H26N4OS. The minimum Gasteiger partial charge on any atom is -0.341 e. The number of piperidine rings is 1. The fourth-order valence-electron chi connectivity index (χ4n) is 3.48. The Morgan fingerprint density at radius 3 is 2.44 bits per heavy atom. The molecule has 2 aromatic rings. The number of thioether (sulfide) groups is 1. The van der Waals surface area contributed by atoms with Crippen molar-refractivity contribution in [1.82, 2.24) is 19.7 Å². The Hall–Kier alpha value is -1.82. The lowest BCUT2D eigenvalue weighted by atomic mass is 9.92. The van der Waals surface area contributed by atoms with Gasteiger partial charge in [-0.2, -0.15) is 0 Å². The minimum atomic E-state index is 0.197. The Morgan fingerprint density at radius 1 is 1.16 bits per heavy atom. The molecule has 0 spiro atoms. The normalized spacial score (nSPS) is 20.7. The Balaban J connectivity index is 1.64. The monoisotopic (exact) mass is 358 g/mol. The van der Waals surface area contributed by atoms with E-state index in [1.807, 2.05) is 16.5 Å². The van der Waals surface area contributed by atoms with Crippen molar-refractivity contribution in [2.24, 2.45) is 18.9 Å². The maximum Gasteiger partial charge on any atom is 0.233 e. The van der Waals surface area contributed by atoms with Crippen LogP contribution >= 0.6 is 11.8 Å². The van der Waals surface area contributed by atoms with Crippen LogP contribution in [0.25, 0.3) is 11.4 Å². The van der Waals surface area contributed by atoms with Gasteiger partial charge in [0, 0.05) is 25.7 Å². The lowest BCUT2D eigenvalue weighted by molar-refractivity contribution is -0.130. The molecule has 0 saturated carbocycles. The first kappa shape index (κ1) is 18.0. The van der Waals surface area contributed by atoms with E-state index in [2.05, 4.69) is 55.2 Å². The molecule has 1 aromatic heterocycles. The third-order valence-electron chi connectivity index (χ3n) is 4.69. The van der Waals surface area contributed by atoms with Gasteiger partial charge in [0.05, 0.1) is 5.75 Å². The van der Waals surface area contributed by atoms with E-state index >= 15 is 0 Å². The second-order valence-corrected chi connectivity index (χ2v) is 8.21. The number of benzene rings is 1. The van der Waals surface area contributed by atoms with Crippen LogP contribution in [0.1, 0.15) is 25.8 Å². The lowest BCUT2D eigenvalue weighted by Crippen LogP contribution is -2.43. The fraction of sp³-hybridized carbons (Fsp3) is 0.526. The maximum atomic E-state index is 12.5. The van der Waals surface area contributed by atoms with E-state index in [1.54, 1.807) is 0 Å². The zero-order valence-electron chi connectivity index (χ0n) is 15.4. The van der Waals surface area contributed by atoms with Crippen LogP contribution in [0.2, 0.25) is 0 Å². The summed E-state index contributed by atoms with van der Waals surface area (Å²) < 4.78 is 1.96. The van der Waals surface area contributed by atoms with E-state index in [4.69, 9.17) is 0 Å². The molecule has 1 aromatic carbocycles. The quantitative estimate of drug-likeness (QED) is 0.786. The Kier molecular flexibility index (Phi) is 5.47. The van der Waals surface area contributed by atoms with Gasteiger partial charge in [-0.15, -0.1) is 10.2 Å². The van der Waals surface area contributed by atoms with Gasteiger partial charge >= 0.3 is 0 Å². The molecule has 1 aliphatic rings. The number of hydrogen-bond acceptors (Lipinski definition) is 4. The van der Waals surface area contributed by atoms with Gasteiger partial charge in [0.15, 0.2) is 11.0 Å². The minimum absolute atomic E-state index is 0.197. The topological polar surface area (TPSA) is 51.0 Å². The van der Waals surface area contributed by atoms with Crippen molar-refractivity contribution >= 4 is 17.7 Å². The second-order valence-electron chi connectivity index (χ2n) is 7.26. The van der Waals surface area contributed by atoms with Crippen LogP contribution < -0.4 is 0 Å². The molecular weight excluding hydrogens is 332 g/mol. The molecule has 1 amide bonds. The van der Waals surface area contributed by atoms with Crippen LogP contribution in [0.15, 0.2) is 29.4 Å². The Bertz CT molecular complexity index is 730. The Labute approximate surface area is 153 Å². The van der Waals surface area contributed by atoms with Crippen molar-refractivity contribution in [3.05, 3.63) is 29.8 Å². The number of amides is 1. The summed E-state index contributed by atoms with van der Waals surface area (Å²) in [6.45, 7) is 8.25. The highest BCUT2D eigenvalue weighted by atomic mass is 32.2. The van der Waals surface area contributed by atoms with Crippen LogP contribution in [0.5, 0.6) is 0 Å². The van der Waals surface area contributed by atoms with Gasteiger partial charge in [-0.1, -0.05) is 55.4 Å². The lowest BCUT2D eigenvalue weighted by Gasteiger charge is -2.34. The molecule has 1 aliphatic heterocycles. The molecule has 25 heavy (non-hydrogen) atoms. The average molecular weight is 359 g/mol. The van der Waals surface area contributed by atoms with Gasteiger partial charge in [-0.05, 0) is 25.2 Å². The van der Waals surface area contributed by atoms with E-state index in [0.29, 0.717) is 17.6 Å². The summed E-state index contributed by atoms with van der Waals surface area (Å²) in [6.07, 6.45) is 1.21. The number of carbonyl (C=O) groups excluding carboxylic acids is 1. The van der Waals surface area contributed by atoms with Gasteiger partial charge in [0.2, 0.25) is 5.91 Å². The van der Waals surface area contributed by atoms with E-state index in [1.165, 1.54) is 23.7 Å². The van der Waals surface area contributed by atoms with Gasteiger partial charge in [0.1, 0.15) is 0 Å². The first-order valence-electron chi connectivity index (χ1n) is 8.81. The summed E-state index contributed by atoms with van der Waals surface area (Å²) in [6, 6.07) is 8.24. The van der Waals surface area contributed by atoms with Crippen LogP contribution in [-0.2, 0) is 11.8 Å². The molecule has 2 heterocycles. The smallest absolute Gasteiger partial charge is 0.233 e. The molecule has 1 saturated heterocycles. The molecule has 0 bridgehead atoms. The highest BCUT2D eigenvalue weighted by Gasteiger charge is 2.25. The molecule has 2 atom stereocenters. The third kappa shape index (κ3) is 4.24. The molecule has 0 aliphatic carbocycles. The molecule has 6 heteroatoms. The largest absolute Gasteiger partial charge is 0.341 e. The van der Waals surface area contributed by atoms with Gasteiger partial charge in [-0.25, -0.2) is 0 Å². The van der Waals surface area contributed by atoms with Crippen molar-refractivity contribution in [2.45, 2.75) is 32.3 Å². The summed E-state index contributed by atoms with van der Waals surface area (Å²) in [5, 5.41) is 9.34. The SMILES string of the molecule is Cc1ccc(-c2nnc(SCC(=O)N3C[C@H](C)C[C@H](C)C3)n2C)cc1. The maximum absolute atomic E-state index is 12.5.